The van der Waals surface area contributed by atoms with E-state index in [2.05, 4.69) is 53.0 Å². The third-order valence-electron chi connectivity index (χ3n) is 3.79. The first-order valence-electron chi connectivity index (χ1n) is 8.35. The number of aryl methyl sites for hydroxylation is 1. The first kappa shape index (κ1) is 18.8. The van der Waals surface area contributed by atoms with E-state index in [4.69, 9.17) is 0 Å². The average Bonchev–Trinajstić information content (AvgIpc) is 3.09. The maximum absolute atomic E-state index is 11.4. The number of amides is 1. The number of likely N-dealkylation sites (N-methyl/N-ethyl adjacent to an activating group) is 1. The largest absolute Gasteiger partial charge is 0.366 e. The minimum absolute atomic E-state index is 0.115. The maximum Gasteiger partial charge on any atom is 0.241 e. The molecule has 140 valence electrons. The standard InChI is InChI=1S/C18H20BrN7O/c1-12-7-22-18(24-15-9-23-26(10-15)11-16(27)20-2)25-17(12)21-8-13-4-3-5-14(19)6-13/h3-7,9-10H,8,11H2,1-2H3,(H,20,27)(H2,21,22,24,25). The first-order valence-corrected chi connectivity index (χ1v) is 9.15. The van der Waals surface area contributed by atoms with Gasteiger partial charge in [-0.25, -0.2) is 4.98 Å². The molecule has 0 bridgehead atoms. The molecular formula is C18H20BrN7O. The minimum atomic E-state index is -0.115. The van der Waals surface area contributed by atoms with E-state index in [9.17, 15) is 4.79 Å². The van der Waals surface area contributed by atoms with Crippen molar-refractivity contribution in [1.29, 1.82) is 0 Å². The number of benzene rings is 1. The van der Waals surface area contributed by atoms with E-state index < -0.39 is 0 Å². The number of carbonyl (C=O) groups is 1. The topological polar surface area (TPSA) is 96.8 Å². The molecule has 1 aromatic carbocycles. The van der Waals surface area contributed by atoms with Crippen LogP contribution in [0.3, 0.4) is 0 Å². The summed E-state index contributed by atoms with van der Waals surface area (Å²) >= 11 is 3.48. The molecule has 0 aliphatic rings. The molecule has 27 heavy (non-hydrogen) atoms. The Morgan fingerprint density at radius 1 is 1.30 bits per heavy atom. The number of nitrogens with zero attached hydrogens (tertiary/aromatic N) is 4. The third kappa shape index (κ3) is 5.27. The Hall–Kier alpha value is -2.94. The number of hydrogen-bond acceptors (Lipinski definition) is 6. The summed E-state index contributed by atoms with van der Waals surface area (Å²) in [6.07, 6.45) is 5.11. The van der Waals surface area contributed by atoms with Crippen LogP contribution in [0.1, 0.15) is 11.1 Å². The zero-order chi connectivity index (χ0) is 19.2. The van der Waals surface area contributed by atoms with Crippen LogP contribution in [-0.2, 0) is 17.9 Å². The molecule has 0 fully saturated rings. The second-order valence-electron chi connectivity index (χ2n) is 5.93. The molecule has 0 atom stereocenters. The van der Waals surface area contributed by atoms with Crippen molar-refractivity contribution >= 4 is 39.3 Å². The Labute approximate surface area is 165 Å². The van der Waals surface area contributed by atoms with Gasteiger partial charge in [-0.15, -0.1) is 0 Å². The van der Waals surface area contributed by atoms with Crippen LogP contribution < -0.4 is 16.0 Å². The summed E-state index contributed by atoms with van der Waals surface area (Å²) in [5.41, 5.74) is 2.80. The lowest BCUT2D eigenvalue weighted by Crippen LogP contribution is -2.23. The molecule has 2 aromatic heterocycles. The number of aromatic nitrogens is 4. The number of halogens is 1. The fourth-order valence-electron chi connectivity index (χ4n) is 2.38. The van der Waals surface area contributed by atoms with Crippen LogP contribution >= 0.6 is 15.9 Å². The van der Waals surface area contributed by atoms with Crippen molar-refractivity contribution in [3.8, 4) is 0 Å². The molecule has 2 heterocycles. The summed E-state index contributed by atoms with van der Waals surface area (Å²) < 4.78 is 2.58. The van der Waals surface area contributed by atoms with Gasteiger partial charge in [0.25, 0.3) is 0 Å². The normalized spacial score (nSPS) is 10.5. The molecular weight excluding hydrogens is 410 g/mol. The first-order chi connectivity index (χ1) is 13.0. The molecule has 0 aliphatic heterocycles. The number of hydrogen-bond donors (Lipinski definition) is 3. The van der Waals surface area contributed by atoms with E-state index in [-0.39, 0.29) is 12.5 Å². The van der Waals surface area contributed by atoms with Gasteiger partial charge in [0.15, 0.2) is 0 Å². The summed E-state index contributed by atoms with van der Waals surface area (Å²) in [6, 6.07) is 8.10. The minimum Gasteiger partial charge on any atom is -0.366 e. The lowest BCUT2D eigenvalue weighted by Gasteiger charge is -2.10. The lowest BCUT2D eigenvalue weighted by atomic mass is 10.2. The van der Waals surface area contributed by atoms with Crippen LogP contribution in [0.4, 0.5) is 17.5 Å². The average molecular weight is 430 g/mol. The predicted molar refractivity (Wildman–Crippen MR) is 108 cm³/mol. The van der Waals surface area contributed by atoms with Gasteiger partial charge in [0.05, 0.1) is 11.9 Å². The van der Waals surface area contributed by atoms with Crippen LogP contribution in [0.25, 0.3) is 0 Å². The van der Waals surface area contributed by atoms with Crippen molar-refractivity contribution in [2.24, 2.45) is 0 Å². The summed E-state index contributed by atoms with van der Waals surface area (Å²) in [7, 11) is 1.59. The van der Waals surface area contributed by atoms with Crippen LogP contribution in [0.2, 0.25) is 0 Å². The Morgan fingerprint density at radius 2 is 2.15 bits per heavy atom. The number of rotatable bonds is 7. The van der Waals surface area contributed by atoms with Crippen molar-refractivity contribution in [2.45, 2.75) is 20.0 Å². The second kappa shape index (κ2) is 8.63. The van der Waals surface area contributed by atoms with E-state index in [1.54, 1.807) is 30.3 Å². The van der Waals surface area contributed by atoms with Crippen LogP contribution in [-0.4, -0.2) is 32.7 Å². The quantitative estimate of drug-likeness (QED) is 0.534. The summed E-state index contributed by atoms with van der Waals surface area (Å²) in [5, 5.41) is 13.1. The van der Waals surface area contributed by atoms with Crippen LogP contribution in [0.5, 0.6) is 0 Å². The van der Waals surface area contributed by atoms with Gasteiger partial charge < -0.3 is 16.0 Å². The van der Waals surface area contributed by atoms with E-state index in [1.807, 2.05) is 25.1 Å². The zero-order valence-electron chi connectivity index (χ0n) is 15.0. The molecule has 0 unspecified atom stereocenters. The van der Waals surface area contributed by atoms with E-state index in [1.165, 1.54) is 0 Å². The van der Waals surface area contributed by atoms with E-state index in [0.29, 0.717) is 18.2 Å². The van der Waals surface area contributed by atoms with Gasteiger partial charge in [0.2, 0.25) is 11.9 Å². The van der Waals surface area contributed by atoms with E-state index in [0.717, 1.165) is 21.4 Å². The molecule has 0 spiro atoms. The van der Waals surface area contributed by atoms with Crippen LogP contribution in [0.15, 0.2) is 47.3 Å². The molecule has 0 saturated carbocycles. The molecule has 0 aliphatic carbocycles. The highest BCUT2D eigenvalue weighted by Crippen LogP contribution is 2.18. The Kier molecular flexibility index (Phi) is 6.02. The van der Waals surface area contributed by atoms with Crippen molar-refractivity contribution in [2.75, 3.05) is 17.7 Å². The number of carbonyl (C=O) groups excluding carboxylic acids is 1. The molecule has 9 heteroatoms. The predicted octanol–water partition coefficient (Wildman–Crippen LogP) is 2.85. The highest BCUT2D eigenvalue weighted by Gasteiger charge is 2.07. The Balaban J connectivity index is 1.67. The molecule has 8 nitrogen and oxygen atoms in total. The van der Waals surface area contributed by atoms with Gasteiger partial charge in [0, 0.05) is 36.0 Å². The molecule has 0 saturated heterocycles. The summed E-state index contributed by atoms with van der Waals surface area (Å²) in [6.45, 7) is 2.77. The summed E-state index contributed by atoms with van der Waals surface area (Å²) in [4.78, 5) is 20.2. The maximum atomic E-state index is 11.4. The number of nitrogens with one attached hydrogen (secondary N) is 3. The van der Waals surface area contributed by atoms with Crippen molar-refractivity contribution in [3.63, 3.8) is 0 Å². The highest BCUT2D eigenvalue weighted by molar-refractivity contribution is 9.10. The van der Waals surface area contributed by atoms with Gasteiger partial charge in [-0.1, -0.05) is 28.1 Å². The third-order valence-corrected chi connectivity index (χ3v) is 4.29. The van der Waals surface area contributed by atoms with E-state index >= 15 is 0 Å². The Morgan fingerprint density at radius 3 is 2.93 bits per heavy atom. The lowest BCUT2D eigenvalue weighted by molar-refractivity contribution is -0.121. The van der Waals surface area contributed by atoms with Gasteiger partial charge in [0.1, 0.15) is 12.4 Å². The second-order valence-corrected chi connectivity index (χ2v) is 6.85. The van der Waals surface area contributed by atoms with Gasteiger partial charge in [-0.3, -0.25) is 9.48 Å². The molecule has 3 N–H and O–H groups in total. The zero-order valence-corrected chi connectivity index (χ0v) is 16.6. The van der Waals surface area contributed by atoms with Crippen LogP contribution in [0, 0.1) is 6.92 Å². The Bertz CT molecular complexity index is 941. The SMILES string of the molecule is CNC(=O)Cn1cc(Nc2ncc(C)c(NCc3cccc(Br)c3)n2)cn1. The fourth-order valence-corrected chi connectivity index (χ4v) is 2.83. The van der Waals surface area contributed by atoms with Gasteiger partial charge in [-0.05, 0) is 24.6 Å². The molecule has 1 amide bonds. The number of anilines is 3. The fraction of sp³-hybridized carbons (Fsp3) is 0.222. The monoisotopic (exact) mass is 429 g/mol. The van der Waals surface area contributed by atoms with Crippen molar-refractivity contribution in [3.05, 3.63) is 58.5 Å². The van der Waals surface area contributed by atoms with Gasteiger partial charge >= 0.3 is 0 Å². The molecule has 3 aromatic rings. The molecule has 3 rings (SSSR count). The van der Waals surface area contributed by atoms with Gasteiger partial charge in [-0.2, -0.15) is 10.1 Å². The smallest absolute Gasteiger partial charge is 0.241 e. The van der Waals surface area contributed by atoms with Crippen molar-refractivity contribution in [1.82, 2.24) is 25.1 Å². The van der Waals surface area contributed by atoms with Crippen molar-refractivity contribution < 1.29 is 4.79 Å². The summed E-state index contributed by atoms with van der Waals surface area (Å²) in [5.74, 6) is 1.09. The highest BCUT2D eigenvalue weighted by atomic mass is 79.9. The molecule has 0 radical (unpaired) electrons.